The predicted molar refractivity (Wildman–Crippen MR) is 86.4 cm³/mol. The van der Waals surface area contributed by atoms with Gasteiger partial charge >= 0.3 is 0 Å². The first-order chi connectivity index (χ1) is 10.7. The molecule has 1 aromatic rings. The van der Waals surface area contributed by atoms with E-state index in [4.69, 9.17) is 9.47 Å². The summed E-state index contributed by atoms with van der Waals surface area (Å²) in [6, 6.07) is 0. The van der Waals surface area contributed by atoms with Gasteiger partial charge in [0.15, 0.2) is 6.29 Å². The Kier molecular flexibility index (Phi) is 5.95. The molecule has 1 atom stereocenters. The summed E-state index contributed by atoms with van der Waals surface area (Å²) in [6.07, 6.45) is 9.44. The van der Waals surface area contributed by atoms with Gasteiger partial charge in [-0.05, 0) is 24.3 Å². The summed E-state index contributed by atoms with van der Waals surface area (Å²) in [5.41, 5.74) is 2.51. The van der Waals surface area contributed by atoms with Crippen molar-refractivity contribution in [2.45, 2.75) is 45.8 Å². The fourth-order valence-electron chi connectivity index (χ4n) is 2.67. The molecule has 0 aromatic carbocycles. The SMILES string of the molecule is CCCCOCn1cc(C=O)c2c1C(OC)=N/C=C/CC2C. The molecule has 2 rings (SSSR count). The Bertz CT molecular complexity index is 573. The maximum Gasteiger partial charge on any atom is 0.238 e. The van der Waals surface area contributed by atoms with Crippen molar-refractivity contribution in [3.05, 3.63) is 35.3 Å². The topological polar surface area (TPSA) is 52.8 Å². The summed E-state index contributed by atoms with van der Waals surface area (Å²) in [5.74, 6) is 0.744. The van der Waals surface area contributed by atoms with E-state index in [1.165, 1.54) is 0 Å². The van der Waals surface area contributed by atoms with E-state index in [9.17, 15) is 4.79 Å². The van der Waals surface area contributed by atoms with Gasteiger partial charge in [-0.1, -0.05) is 26.3 Å². The van der Waals surface area contributed by atoms with E-state index >= 15 is 0 Å². The number of nitrogens with zero attached hydrogens (tertiary/aromatic N) is 2. The highest BCUT2D eigenvalue weighted by atomic mass is 16.5. The average Bonchev–Trinajstić information content (AvgIpc) is 2.88. The minimum absolute atomic E-state index is 0.226. The van der Waals surface area contributed by atoms with Gasteiger partial charge in [0.2, 0.25) is 5.90 Å². The second-order valence-corrected chi connectivity index (χ2v) is 5.49. The van der Waals surface area contributed by atoms with Gasteiger partial charge in [-0.2, -0.15) is 0 Å². The molecule has 0 fully saturated rings. The highest BCUT2D eigenvalue weighted by molar-refractivity contribution is 5.97. The van der Waals surface area contributed by atoms with Gasteiger partial charge in [0.25, 0.3) is 0 Å². The molecule has 22 heavy (non-hydrogen) atoms. The van der Waals surface area contributed by atoms with Crippen LogP contribution in [0.5, 0.6) is 0 Å². The number of unbranched alkanes of at least 4 members (excludes halogenated alkanes) is 1. The molecule has 1 aliphatic heterocycles. The molecule has 0 spiro atoms. The third-order valence-corrected chi connectivity index (χ3v) is 3.82. The van der Waals surface area contributed by atoms with E-state index < -0.39 is 0 Å². The normalized spacial score (nSPS) is 18.9. The van der Waals surface area contributed by atoms with Crippen LogP contribution in [0.2, 0.25) is 0 Å². The summed E-state index contributed by atoms with van der Waals surface area (Å²) < 4.78 is 13.1. The molecule has 1 unspecified atom stereocenters. The van der Waals surface area contributed by atoms with Gasteiger partial charge in [0, 0.05) is 24.6 Å². The summed E-state index contributed by atoms with van der Waals surface area (Å²) >= 11 is 0. The summed E-state index contributed by atoms with van der Waals surface area (Å²) in [6.45, 7) is 5.34. The number of methoxy groups -OCH3 is 1. The summed E-state index contributed by atoms with van der Waals surface area (Å²) in [7, 11) is 1.60. The zero-order valence-corrected chi connectivity index (χ0v) is 13.5. The van der Waals surface area contributed by atoms with Crippen molar-refractivity contribution in [1.82, 2.24) is 4.57 Å². The Balaban J connectivity index is 2.40. The van der Waals surface area contributed by atoms with E-state index in [-0.39, 0.29) is 5.92 Å². The maximum atomic E-state index is 11.5. The van der Waals surface area contributed by atoms with Crippen molar-refractivity contribution >= 4 is 12.2 Å². The molecule has 0 saturated heterocycles. The lowest BCUT2D eigenvalue weighted by Crippen LogP contribution is -2.16. The van der Waals surface area contributed by atoms with Crippen molar-refractivity contribution in [2.75, 3.05) is 13.7 Å². The third-order valence-electron chi connectivity index (χ3n) is 3.82. The highest BCUT2D eigenvalue weighted by Crippen LogP contribution is 2.30. The standard InChI is InChI=1S/C17H24N2O3/c1-4-5-9-22-12-19-10-14(11-20)15-13(2)7-6-8-18-17(21-3)16(15)19/h6,8,10-11,13H,4-5,7,9,12H2,1-3H3/b8-6+,18-17?. The average molecular weight is 304 g/mol. The van der Waals surface area contributed by atoms with Gasteiger partial charge < -0.3 is 14.0 Å². The fraction of sp³-hybridized carbons (Fsp3) is 0.529. The largest absolute Gasteiger partial charge is 0.480 e. The Morgan fingerprint density at radius 2 is 2.32 bits per heavy atom. The third kappa shape index (κ3) is 3.47. The Morgan fingerprint density at radius 1 is 1.50 bits per heavy atom. The maximum absolute atomic E-state index is 11.5. The molecular formula is C17H24N2O3. The van der Waals surface area contributed by atoms with Crippen LogP contribution in [0.4, 0.5) is 0 Å². The van der Waals surface area contributed by atoms with Gasteiger partial charge in [-0.25, -0.2) is 4.99 Å². The lowest BCUT2D eigenvalue weighted by atomic mass is 9.94. The van der Waals surface area contributed by atoms with Crippen molar-refractivity contribution in [3.63, 3.8) is 0 Å². The molecule has 120 valence electrons. The van der Waals surface area contributed by atoms with Gasteiger partial charge in [0.05, 0.1) is 7.11 Å². The van der Waals surface area contributed by atoms with Gasteiger partial charge in [0.1, 0.15) is 12.4 Å². The molecule has 1 aromatic heterocycles. The van der Waals surface area contributed by atoms with Crippen LogP contribution in [0.15, 0.2) is 23.5 Å². The number of rotatable bonds is 6. The van der Waals surface area contributed by atoms with E-state index in [0.29, 0.717) is 24.8 Å². The number of carbonyl (C=O) groups is 1. The van der Waals surface area contributed by atoms with Crippen LogP contribution in [-0.2, 0) is 16.2 Å². The quantitative estimate of drug-likeness (QED) is 0.597. The molecule has 0 N–H and O–H groups in total. The molecule has 0 saturated carbocycles. The second-order valence-electron chi connectivity index (χ2n) is 5.49. The second kappa shape index (κ2) is 7.94. The zero-order chi connectivity index (χ0) is 15.9. The first-order valence-corrected chi connectivity index (χ1v) is 7.76. The number of aromatic nitrogens is 1. The molecule has 0 amide bonds. The summed E-state index contributed by atoms with van der Waals surface area (Å²) in [4.78, 5) is 15.8. The molecule has 1 aliphatic rings. The number of ether oxygens (including phenoxy) is 2. The monoisotopic (exact) mass is 304 g/mol. The van der Waals surface area contributed by atoms with E-state index in [1.807, 2.05) is 16.8 Å². The van der Waals surface area contributed by atoms with Crippen LogP contribution in [-0.4, -0.2) is 30.5 Å². The van der Waals surface area contributed by atoms with Crippen molar-refractivity contribution in [3.8, 4) is 0 Å². The van der Waals surface area contributed by atoms with E-state index in [2.05, 4.69) is 18.8 Å². The molecule has 5 heteroatoms. The Labute approximate surface area is 131 Å². The number of allylic oxidation sites excluding steroid dienone is 1. The number of aldehydes is 1. The lowest BCUT2D eigenvalue weighted by Gasteiger charge is -2.17. The minimum atomic E-state index is 0.226. The number of carbonyl (C=O) groups excluding carboxylic acids is 1. The number of hydrogen-bond donors (Lipinski definition) is 0. The number of aliphatic imine (C=N–C) groups is 1. The van der Waals surface area contributed by atoms with Gasteiger partial charge in [-0.15, -0.1) is 0 Å². The Morgan fingerprint density at radius 3 is 3.00 bits per heavy atom. The molecule has 5 nitrogen and oxygen atoms in total. The molecular weight excluding hydrogens is 280 g/mol. The molecule has 0 radical (unpaired) electrons. The number of hydrogen-bond acceptors (Lipinski definition) is 4. The van der Waals surface area contributed by atoms with Crippen LogP contribution in [0, 0.1) is 0 Å². The van der Waals surface area contributed by atoms with Crippen molar-refractivity contribution in [1.29, 1.82) is 0 Å². The predicted octanol–water partition coefficient (Wildman–Crippen LogP) is 3.49. The molecule has 0 bridgehead atoms. The van der Waals surface area contributed by atoms with Crippen LogP contribution >= 0.6 is 0 Å². The van der Waals surface area contributed by atoms with Crippen LogP contribution in [0.25, 0.3) is 0 Å². The number of fused-ring (bicyclic) bond motifs is 1. The van der Waals surface area contributed by atoms with Crippen molar-refractivity contribution in [2.24, 2.45) is 4.99 Å². The first-order valence-electron chi connectivity index (χ1n) is 7.76. The first kappa shape index (κ1) is 16.5. The smallest absolute Gasteiger partial charge is 0.238 e. The zero-order valence-electron chi connectivity index (χ0n) is 13.5. The van der Waals surface area contributed by atoms with E-state index in [0.717, 1.165) is 36.8 Å². The molecule has 0 aliphatic carbocycles. The summed E-state index contributed by atoms with van der Waals surface area (Å²) in [5, 5.41) is 0. The van der Waals surface area contributed by atoms with Crippen molar-refractivity contribution < 1.29 is 14.3 Å². The van der Waals surface area contributed by atoms with E-state index in [1.54, 1.807) is 13.3 Å². The van der Waals surface area contributed by atoms with Crippen LogP contribution < -0.4 is 0 Å². The fourth-order valence-corrected chi connectivity index (χ4v) is 2.67. The van der Waals surface area contributed by atoms with Crippen LogP contribution in [0.3, 0.4) is 0 Å². The lowest BCUT2D eigenvalue weighted by molar-refractivity contribution is 0.0742. The van der Waals surface area contributed by atoms with Crippen LogP contribution in [0.1, 0.15) is 60.6 Å². The molecule has 2 heterocycles. The minimum Gasteiger partial charge on any atom is -0.480 e. The highest BCUT2D eigenvalue weighted by Gasteiger charge is 2.25. The van der Waals surface area contributed by atoms with Gasteiger partial charge in [-0.3, -0.25) is 4.79 Å². The Hall–Kier alpha value is -1.88.